The molecule has 2 heterocycles. The second-order valence-corrected chi connectivity index (χ2v) is 8.84. The lowest BCUT2D eigenvalue weighted by Gasteiger charge is -2.16. The van der Waals surface area contributed by atoms with Gasteiger partial charge in [-0.1, -0.05) is 11.6 Å². The Kier molecular flexibility index (Phi) is 5.40. The van der Waals surface area contributed by atoms with Gasteiger partial charge in [0, 0.05) is 36.0 Å². The molecular weight excluding hydrogens is 462 g/mol. The number of nitrogens with one attached hydrogen (secondary N) is 1. The van der Waals surface area contributed by atoms with Crippen molar-refractivity contribution in [3.8, 4) is 33.6 Å². The molecule has 9 heteroatoms. The van der Waals surface area contributed by atoms with Crippen LogP contribution in [-0.2, 0) is 7.05 Å². The molecule has 2 aromatic carbocycles. The maximum Gasteiger partial charge on any atom is 0.278 e. The van der Waals surface area contributed by atoms with Crippen LogP contribution < -0.4 is 10.9 Å². The molecule has 2 aromatic rings. The fourth-order valence-corrected chi connectivity index (χ4v) is 4.08. The van der Waals surface area contributed by atoms with Crippen molar-refractivity contribution >= 4 is 17.5 Å². The van der Waals surface area contributed by atoms with Crippen LogP contribution in [0.4, 0.5) is 8.78 Å². The number of rotatable bonds is 4. The summed E-state index contributed by atoms with van der Waals surface area (Å²) in [6.45, 7) is 1.54. The summed E-state index contributed by atoms with van der Waals surface area (Å²) < 4.78 is 30.2. The van der Waals surface area contributed by atoms with Gasteiger partial charge in [0.15, 0.2) is 0 Å². The minimum absolute atomic E-state index is 0.110. The fraction of sp³-hybridized carbons (Fsp3) is 0.200. The zero-order valence-corrected chi connectivity index (χ0v) is 19.1. The van der Waals surface area contributed by atoms with Crippen molar-refractivity contribution in [2.24, 2.45) is 7.05 Å². The highest BCUT2D eigenvalue weighted by Crippen LogP contribution is 2.36. The zero-order chi connectivity index (χ0) is 24.1. The van der Waals surface area contributed by atoms with Crippen molar-refractivity contribution in [3.05, 3.63) is 80.7 Å². The molecule has 5 rings (SSSR count). The van der Waals surface area contributed by atoms with Gasteiger partial charge in [-0.2, -0.15) is 5.10 Å². The van der Waals surface area contributed by atoms with Crippen LogP contribution in [0, 0.1) is 18.6 Å². The predicted molar refractivity (Wildman–Crippen MR) is 125 cm³/mol. The van der Waals surface area contributed by atoms with Crippen molar-refractivity contribution in [1.29, 1.82) is 0 Å². The van der Waals surface area contributed by atoms with Gasteiger partial charge in [0.05, 0.1) is 10.6 Å². The van der Waals surface area contributed by atoms with E-state index in [0.29, 0.717) is 11.1 Å². The van der Waals surface area contributed by atoms with Gasteiger partial charge in [-0.05, 0) is 67.3 Å². The van der Waals surface area contributed by atoms with Gasteiger partial charge in [-0.3, -0.25) is 14.3 Å². The van der Waals surface area contributed by atoms with Crippen LogP contribution in [0.5, 0.6) is 0 Å². The van der Waals surface area contributed by atoms with Crippen molar-refractivity contribution in [1.82, 2.24) is 20.1 Å². The van der Waals surface area contributed by atoms with Gasteiger partial charge < -0.3 is 5.32 Å². The van der Waals surface area contributed by atoms with Gasteiger partial charge in [-0.25, -0.2) is 13.8 Å². The number of fused-ring (bicyclic) bond motifs is 1. The number of hydrogen-bond acceptors (Lipinski definition) is 4. The lowest BCUT2D eigenvalue weighted by molar-refractivity contribution is 0.0950. The van der Waals surface area contributed by atoms with Crippen molar-refractivity contribution in [2.45, 2.75) is 25.8 Å². The van der Waals surface area contributed by atoms with Crippen LogP contribution in [0.25, 0.3) is 33.6 Å². The summed E-state index contributed by atoms with van der Waals surface area (Å²) in [6, 6.07) is 8.22. The Hall–Kier alpha value is -3.65. The number of aromatic nitrogens is 3. The zero-order valence-electron chi connectivity index (χ0n) is 18.3. The summed E-state index contributed by atoms with van der Waals surface area (Å²) in [5.74, 6) is -1.49. The molecule has 0 radical (unpaired) electrons. The van der Waals surface area contributed by atoms with E-state index in [1.807, 2.05) is 0 Å². The molecule has 1 saturated carbocycles. The Morgan fingerprint density at radius 3 is 2.59 bits per heavy atom. The van der Waals surface area contributed by atoms with Crippen LogP contribution in [0.15, 0.2) is 47.4 Å². The maximum atomic E-state index is 14.7. The number of carbonyl (C=O) groups is 1. The average molecular weight is 481 g/mol. The highest BCUT2D eigenvalue weighted by Gasteiger charge is 2.26. The first kappa shape index (κ1) is 22.2. The Bertz CT molecular complexity index is 1500. The molecule has 0 spiro atoms. The van der Waals surface area contributed by atoms with Gasteiger partial charge in [0.2, 0.25) is 0 Å². The summed E-state index contributed by atoms with van der Waals surface area (Å²) >= 11 is 6.27. The molecule has 6 nitrogen and oxygen atoms in total. The number of amides is 1. The SMILES string of the molecule is Cc1c(F)cc(C(=O)NC2CC2)cc1-c1cc2cn(C)nc(-c3cc(F)ccc3Cl)c-2nc1=O. The van der Waals surface area contributed by atoms with Gasteiger partial charge in [0.1, 0.15) is 23.0 Å². The van der Waals surface area contributed by atoms with Crippen LogP contribution >= 0.6 is 11.6 Å². The van der Waals surface area contributed by atoms with E-state index in [9.17, 15) is 18.4 Å². The first-order chi connectivity index (χ1) is 16.2. The highest BCUT2D eigenvalue weighted by atomic mass is 35.5. The van der Waals surface area contributed by atoms with Gasteiger partial charge >= 0.3 is 0 Å². The first-order valence-electron chi connectivity index (χ1n) is 10.7. The predicted octanol–water partition coefficient (Wildman–Crippen LogP) is 4.75. The number of carbonyl (C=O) groups excluding carboxylic acids is 1. The number of hydrogen-bond donors (Lipinski definition) is 1. The molecule has 3 aliphatic rings. The molecule has 1 fully saturated rings. The second kappa shape index (κ2) is 8.29. The van der Waals surface area contributed by atoms with Gasteiger partial charge in [-0.15, -0.1) is 0 Å². The third kappa shape index (κ3) is 4.05. The molecule has 1 N–H and O–H groups in total. The molecule has 34 heavy (non-hydrogen) atoms. The fourth-order valence-electron chi connectivity index (χ4n) is 3.87. The third-order valence-electron chi connectivity index (χ3n) is 5.82. The van der Waals surface area contributed by atoms with E-state index >= 15 is 0 Å². The summed E-state index contributed by atoms with van der Waals surface area (Å²) in [4.78, 5) is 29.8. The number of halogens is 3. The number of pyridine rings is 1. The Morgan fingerprint density at radius 2 is 1.85 bits per heavy atom. The molecule has 0 saturated heterocycles. The molecule has 0 bridgehead atoms. The van der Waals surface area contributed by atoms with Crippen molar-refractivity contribution in [2.75, 3.05) is 0 Å². The Balaban J connectivity index is 1.69. The van der Waals surface area contributed by atoms with E-state index in [1.165, 1.54) is 35.0 Å². The molecule has 0 unspecified atom stereocenters. The van der Waals surface area contributed by atoms with Crippen molar-refractivity contribution in [3.63, 3.8) is 0 Å². The molecule has 2 aliphatic heterocycles. The molecular formula is C25H19ClF2N4O2. The molecule has 1 aliphatic carbocycles. The topological polar surface area (TPSA) is 76.9 Å². The Morgan fingerprint density at radius 1 is 1.09 bits per heavy atom. The standard InChI is InChI=1S/C25H19ClF2N4O2/c1-12-17(7-13(9-21(12)28)24(33)29-16-4-5-16)18-8-14-11-32(2)31-23(22(14)30-25(18)34)19-10-15(27)3-6-20(19)26/h3,6-11,16H,4-5H2,1-2H3,(H,29,33). The van der Waals surface area contributed by atoms with Crippen LogP contribution in [0.3, 0.4) is 0 Å². The average Bonchev–Trinajstić information content (AvgIpc) is 3.61. The first-order valence-corrected chi connectivity index (χ1v) is 11.0. The lowest BCUT2D eigenvalue weighted by Crippen LogP contribution is -2.25. The second-order valence-electron chi connectivity index (χ2n) is 8.43. The van der Waals surface area contributed by atoms with Crippen molar-refractivity contribution < 1.29 is 13.6 Å². The normalized spacial score (nSPS) is 13.3. The Labute approximate surface area is 198 Å². The van der Waals surface area contributed by atoms with Crippen LogP contribution in [-0.4, -0.2) is 26.7 Å². The monoisotopic (exact) mass is 480 g/mol. The van der Waals surface area contributed by atoms with E-state index in [2.05, 4.69) is 15.4 Å². The smallest absolute Gasteiger partial charge is 0.278 e. The molecule has 1 amide bonds. The van der Waals surface area contributed by atoms with Crippen LogP contribution in [0.2, 0.25) is 5.02 Å². The summed E-state index contributed by atoms with van der Waals surface area (Å²) in [7, 11) is 1.68. The summed E-state index contributed by atoms with van der Waals surface area (Å²) in [5.41, 5.74) is 1.47. The highest BCUT2D eigenvalue weighted by molar-refractivity contribution is 6.33. The minimum Gasteiger partial charge on any atom is -0.349 e. The minimum atomic E-state index is -0.626. The quantitative estimate of drug-likeness (QED) is 0.457. The summed E-state index contributed by atoms with van der Waals surface area (Å²) in [6.07, 6.45) is 3.45. The molecule has 0 atom stereocenters. The number of nitrogens with zero attached hydrogens (tertiary/aromatic N) is 3. The van der Waals surface area contributed by atoms with E-state index < -0.39 is 17.2 Å². The molecule has 0 aromatic heterocycles. The van der Waals surface area contributed by atoms with E-state index in [1.54, 1.807) is 26.2 Å². The molecule has 172 valence electrons. The van der Waals surface area contributed by atoms with E-state index in [4.69, 9.17) is 11.6 Å². The number of aryl methyl sites for hydroxylation is 1. The van der Waals surface area contributed by atoms with E-state index in [0.717, 1.165) is 12.8 Å². The third-order valence-corrected chi connectivity index (χ3v) is 6.15. The lowest BCUT2D eigenvalue weighted by atomic mass is 9.95. The largest absolute Gasteiger partial charge is 0.349 e. The maximum absolute atomic E-state index is 14.7. The van der Waals surface area contributed by atoms with Gasteiger partial charge in [0.25, 0.3) is 11.5 Å². The van der Waals surface area contributed by atoms with Crippen LogP contribution in [0.1, 0.15) is 28.8 Å². The summed E-state index contributed by atoms with van der Waals surface area (Å²) in [5, 5.41) is 7.46. The van der Waals surface area contributed by atoms with E-state index in [-0.39, 0.29) is 50.6 Å². The number of benzene rings is 2.